The Morgan fingerprint density at radius 3 is 2.09 bits per heavy atom. The lowest BCUT2D eigenvalue weighted by Crippen LogP contribution is -2.66. The van der Waals surface area contributed by atoms with Crippen LogP contribution in [0.4, 0.5) is 14.5 Å². The van der Waals surface area contributed by atoms with Crippen molar-refractivity contribution in [2.45, 2.75) is 63.6 Å². The fourth-order valence-electron chi connectivity index (χ4n) is 6.30. The molecule has 6 nitrogen and oxygen atoms in total. The zero-order valence-corrected chi connectivity index (χ0v) is 28.3. The van der Waals surface area contributed by atoms with Crippen LogP contribution >= 0.6 is 11.8 Å². The van der Waals surface area contributed by atoms with Crippen molar-refractivity contribution in [2.24, 2.45) is 0 Å². The lowest BCUT2D eigenvalue weighted by atomic mass is 10.0. The van der Waals surface area contributed by atoms with Crippen LogP contribution in [-0.2, 0) is 15.8 Å². The number of hydrogen-bond acceptors (Lipinski definition) is 7. The number of halogens is 2. The van der Waals surface area contributed by atoms with Crippen LogP contribution in [0.15, 0.2) is 84.1 Å². The van der Waals surface area contributed by atoms with E-state index in [-0.39, 0.29) is 35.2 Å². The first-order chi connectivity index (χ1) is 21.5. The van der Waals surface area contributed by atoms with Crippen LogP contribution in [-0.4, -0.2) is 55.6 Å². The second-order valence-corrected chi connectivity index (χ2v) is 17.5. The van der Waals surface area contributed by atoms with E-state index < -0.39 is 31.3 Å². The summed E-state index contributed by atoms with van der Waals surface area (Å²) in [5, 5.41) is 2.14. The molecule has 2 atom stereocenters. The highest BCUT2D eigenvalue weighted by atomic mass is 32.2. The number of hydrogen-bond donors (Lipinski definition) is 0. The first kappa shape index (κ1) is 32.9. The molecule has 2 heterocycles. The number of aromatic nitrogens is 2. The van der Waals surface area contributed by atoms with Gasteiger partial charge in [-0.15, -0.1) is 0 Å². The summed E-state index contributed by atoms with van der Waals surface area (Å²) in [6, 6.07) is 23.1. The molecular formula is C35H39F2N3O3SSi. The molecular weight excluding hydrogens is 609 g/mol. The number of carbonyl (C=O) groups excluding carboxylic acids is 1. The molecule has 0 unspecified atom stereocenters. The monoisotopic (exact) mass is 647 g/mol. The summed E-state index contributed by atoms with van der Waals surface area (Å²) >= 11 is 1.26. The van der Waals surface area contributed by atoms with Gasteiger partial charge in [0.05, 0.1) is 30.1 Å². The molecule has 5 rings (SSSR count). The van der Waals surface area contributed by atoms with Crippen molar-refractivity contribution in [3.05, 3.63) is 107 Å². The van der Waals surface area contributed by atoms with Gasteiger partial charge in [0.25, 0.3) is 8.32 Å². The van der Waals surface area contributed by atoms with Crippen LogP contribution in [0, 0.1) is 11.6 Å². The van der Waals surface area contributed by atoms with Gasteiger partial charge >= 0.3 is 0 Å². The summed E-state index contributed by atoms with van der Waals surface area (Å²) in [7, 11) is -3.05. The molecule has 1 saturated heterocycles. The molecule has 45 heavy (non-hydrogen) atoms. The normalized spacial score (nSPS) is 17.4. The molecule has 3 aromatic carbocycles. The zero-order valence-electron chi connectivity index (χ0n) is 26.5. The Balaban J connectivity index is 1.68. The molecule has 0 amide bonds. The van der Waals surface area contributed by atoms with Crippen molar-refractivity contribution < 1.29 is 22.7 Å². The number of ketones is 1. The van der Waals surface area contributed by atoms with Gasteiger partial charge < -0.3 is 14.1 Å². The average molecular weight is 648 g/mol. The van der Waals surface area contributed by atoms with Crippen LogP contribution in [0.25, 0.3) is 0 Å². The van der Waals surface area contributed by atoms with Crippen LogP contribution in [0.1, 0.15) is 56.2 Å². The number of thioether (sulfide) groups is 1. The summed E-state index contributed by atoms with van der Waals surface area (Å²) in [6.07, 6.45) is 2.82. The maximum absolute atomic E-state index is 16.4. The first-order valence-electron chi connectivity index (χ1n) is 15.0. The standard InChI is InChI=1S/C35H39F2N3O3SSi/c1-23-20-40(21-24(2)43-23)32-25(19-28(30(36)31(32)37)33(41)29-17-18-38-34(39-29)44-6)22-42-45(35(3,4)5,26-13-9-7-10-14-26)27-15-11-8-12-16-27/h7-19,23-24H,20-22H2,1-6H3/t23-,24-/m1/s1. The first-order valence-corrected chi connectivity index (χ1v) is 18.2. The van der Waals surface area contributed by atoms with E-state index in [0.717, 1.165) is 10.4 Å². The minimum Gasteiger partial charge on any atom is -0.403 e. The summed E-state index contributed by atoms with van der Waals surface area (Å²) in [4.78, 5) is 23.8. The van der Waals surface area contributed by atoms with E-state index in [1.54, 1.807) is 6.26 Å². The summed E-state index contributed by atoms with van der Waals surface area (Å²) < 4.78 is 45.4. The number of rotatable bonds is 9. The fourth-order valence-corrected chi connectivity index (χ4v) is 11.2. The molecule has 0 aliphatic carbocycles. The number of nitrogens with zero attached hydrogens (tertiary/aromatic N) is 3. The fraction of sp³-hybridized carbons (Fsp3) is 0.343. The third-order valence-electron chi connectivity index (χ3n) is 8.15. The average Bonchev–Trinajstić information content (AvgIpc) is 3.02. The van der Waals surface area contributed by atoms with Crippen molar-refractivity contribution in [3.8, 4) is 0 Å². The highest BCUT2D eigenvalue weighted by molar-refractivity contribution is 7.98. The van der Waals surface area contributed by atoms with Gasteiger partial charge in [0.1, 0.15) is 5.69 Å². The summed E-state index contributed by atoms with van der Waals surface area (Å²) in [6.45, 7) is 11.0. The Labute approximate surface area is 269 Å². The van der Waals surface area contributed by atoms with E-state index in [1.165, 1.54) is 30.1 Å². The maximum Gasteiger partial charge on any atom is 0.261 e. The molecule has 1 aliphatic heterocycles. The molecule has 1 fully saturated rings. The molecule has 0 radical (unpaired) electrons. The van der Waals surface area contributed by atoms with Crippen molar-refractivity contribution >= 4 is 41.9 Å². The zero-order chi connectivity index (χ0) is 32.4. The Morgan fingerprint density at radius 2 is 1.56 bits per heavy atom. The van der Waals surface area contributed by atoms with Gasteiger partial charge in [0.2, 0.25) is 5.78 Å². The van der Waals surface area contributed by atoms with Crippen LogP contribution in [0.3, 0.4) is 0 Å². The number of morpholine rings is 1. The second kappa shape index (κ2) is 13.5. The van der Waals surface area contributed by atoms with Crippen LogP contribution < -0.4 is 15.3 Å². The predicted molar refractivity (Wildman–Crippen MR) is 178 cm³/mol. The lowest BCUT2D eigenvalue weighted by Gasteiger charge is -2.43. The molecule has 236 valence electrons. The minimum atomic E-state index is -3.05. The highest BCUT2D eigenvalue weighted by Crippen LogP contribution is 2.39. The summed E-state index contributed by atoms with van der Waals surface area (Å²) in [5.74, 6) is -3.01. The van der Waals surface area contributed by atoms with Crippen molar-refractivity contribution in [3.63, 3.8) is 0 Å². The molecule has 0 spiro atoms. The highest BCUT2D eigenvalue weighted by Gasteiger charge is 2.50. The number of ether oxygens (including phenoxy) is 1. The third-order valence-corrected chi connectivity index (χ3v) is 13.7. The maximum atomic E-state index is 16.4. The molecule has 0 N–H and O–H groups in total. The topological polar surface area (TPSA) is 64.5 Å². The van der Waals surface area contributed by atoms with Crippen LogP contribution in [0.5, 0.6) is 0 Å². The van der Waals surface area contributed by atoms with E-state index in [9.17, 15) is 4.79 Å². The van der Waals surface area contributed by atoms with E-state index in [0.29, 0.717) is 23.8 Å². The largest absolute Gasteiger partial charge is 0.403 e. The Hall–Kier alpha value is -3.44. The van der Waals surface area contributed by atoms with Gasteiger partial charge in [-0.1, -0.05) is 93.2 Å². The van der Waals surface area contributed by atoms with Crippen molar-refractivity contribution in [1.29, 1.82) is 0 Å². The van der Waals surface area contributed by atoms with Gasteiger partial charge in [-0.25, -0.2) is 18.7 Å². The van der Waals surface area contributed by atoms with E-state index >= 15 is 8.78 Å². The molecule has 10 heteroatoms. The predicted octanol–water partition coefficient (Wildman–Crippen LogP) is 6.40. The smallest absolute Gasteiger partial charge is 0.261 e. The molecule has 4 aromatic rings. The minimum absolute atomic E-state index is 0.00660. The number of anilines is 1. The Bertz CT molecular complexity index is 1600. The molecule has 1 aliphatic rings. The van der Waals surface area contributed by atoms with Gasteiger partial charge in [-0.05, 0) is 47.6 Å². The molecule has 0 saturated carbocycles. The number of benzene rings is 3. The lowest BCUT2D eigenvalue weighted by molar-refractivity contribution is -0.00553. The second-order valence-electron chi connectivity index (χ2n) is 12.4. The van der Waals surface area contributed by atoms with Gasteiger partial charge in [-0.3, -0.25) is 4.79 Å². The molecule has 0 bridgehead atoms. The SMILES string of the molecule is CSc1nccc(C(=O)c2cc(CO[Si](c3ccccc3)(c3ccccc3)C(C)(C)C)c(N3C[C@@H](C)O[C@H](C)C3)c(F)c2F)n1. The Morgan fingerprint density at radius 1 is 0.978 bits per heavy atom. The van der Waals surface area contributed by atoms with Crippen LogP contribution in [0.2, 0.25) is 5.04 Å². The van der Waals surface area contributed by atoms with Gasteiger partial charge in [-0.2, -0.15) is 0 Å². The van der Waals surface area contributed by atoms with Gasteiger partial charge in [0.15, 0.2) is 16.8 Å². The Kier molecular flexibility index (Phi) is 9.88. The van der Waals surface area contributed by atoms with E-state index in [1.807, 2.05) is 55.1 Å². The van der Waals surface area contributed by atoms with E-state index in [4.69, 9.17) is 9.16 Å². The summed E-state index contributed by atoms with van der Waals surface area (Å²) in [5.41, 5.74) is 0.0902. The quantitative estimate of drug-likeness (QED) is 0.0902. The van der Waals surface area contributed by atoms with Crippen molar-refractivity contribution in [1.82, 2.24) is 9.97 Å². The third kappa shape index (κ3) is 6.60. The van der Waals surface area contributed by atoms with Crippen molar-refractivity contribution in [2.75, 3.05) is 24.2 Å². The number of carbonyl (C=O) groups is 1. The van der Waals surface area contributed by atoms with Gasteiger partial charge in [0, 0.05) is 24.8 Å². The molecule has 1 aromatic heterocycles. The van der Waals surface area contributed by atoms with E-state index in [2.05, 4.69) is 55.0 Å².